The molecule has 0 saturated carbocycles. The van der Waals surface area contributed by atoms with E-state index < -0.39 is 6.10 Å². The Bertz CT molecular complexity index is 806. The smallest absolute Gasteiger partial charge is 0.119 e. The molecule has 1 heterocycles. The van der Waals surface area contributed by atoms with Crippen LogP contribution in [0, 0.1) is 6.92 Å². The van der Waals surface area contributed by atoms with Crippen LogP contribution in [0.2, 0.25) is 0 Å². The van der Waals surface area contributed by atoms with E-state index in [1.54, 1.807) is 0 Å². The summed E-state index contributed by atoms with van der Waals surface area (Å²) in [7, 11) is 0. The molecule has 3 rings (SSSR count). The summed E-state index contributed by atoms with van der Waals surface area (Å²) in [5, 5.41) is 10.4. The van der Waals surface area contributed by atoms with Crippen LogP contribution in [0.15, 0.2) is 48.5 Å². The number of hydrogen-bond acceptors (Lipinski definition) is 3. The quantitative estimate of drug-likeness (QED) is 0.748. The number of nitrogens with zero attached hydrogens (tertiary/aromatic N) is 2. The highest BCUT2D eigenvalue weighted by Crippen LogP contribution is 2.22. The van der Waals surface area contributed by atoms with Crippen LogP contribution in [0.25, 0.3) is 11.0 Å². The van der Waals surface area contributed by atoms with E-state index in [0.29, 0.717) is 12.5 Å². The Morgan fingerprint density at radius 3 is 2.50 bits per heavy atom. The van der Waals surface area contributed by atoms with Crippen molar-refractivity contribution in [2.24, 2.45) is 0 Å². The molecule has 1 N–H and O–H groups in total. The van der Waals surface area contributed by atoms with Gasteiger partial charge in [-0.1, -0.05) is 43.7 Å². The molecule has 0 fully saturated rings. The Morgan fingerprint density at radius 2 is 1.79 bits per heavy atom. The van der Waals surface area contributed by atoms with E-state index in [1.807, 2.05) is 55.5 Å². The molecule has 0 unspecified atom stereocenters. The molecule has 0 saturated heterocycles. The molecule has 4 heteroatoms. The number of benzene rings is 2. The van der Waals surface area contributed by atoms with E-state index in [4.69, 9.17) is 9.72 Å². The topological polar surface area (TPSA) is 47.3 Å². The zero-order valence-corrected chi connectivity index (χ0v) is 14.4. The Balaban J connectivity index is 1.73. The maximum Gasteiger partial charge on any atom is 0.119 e. The highest BCUT2D eigenvalue weighted by atomic mass is 16.5. The van der Waals surface area contributed by atoms with Crippen molar-refractivity contribution in [3.05, 3.63) is 59.9 Å². The molecule has 1 atom stereocenters. The first-order chi connectivity index (χ1) is 11.5. The molecule has 0 radical (unpaired) electrons. The predicted molar refractivity (Wildman–Crippen MR) is 96.5 cm³/mol. The van der Waals surface area contributed by atoms with Crippen molar-refractivity contribution in [1.29, 1.82) is 0 Å². The molecule has 0 aliphatic heterocycles. The maximum atomic E-state index is 10.4. The number of aryl methyl sites for hydroxylation is 1. The van der Waals surface area contributed by atoms with E-state index in [1.165, 1.54) is 5.56 Å². The first kappa shape index (κ1) is 16.5. The number of imidazole rings is 1. The van der Waals surface area contributed by atoms with Gasteiger partial charge in [-0.05, 0) is 31.2 Å². The van der Waals surface area contributed by atoms with Gasteiger partial charge in [0.2, 0.25) is 0 Å². The van der Waals surface area contributed by atoms with Crippen LogP contribution in [-0.2, 0) is 6.54 Å². The molecule has 0 bridgehead atoms. The summed E-state index contributed by atoms with van der Waals surface area (Å²) < 4.78 is 7.80. The second kappa shape index (κ2) is 7.05. The largest absolute Gasteiger partial charge is 0.491 e. The van der Waals surface area contributed by atoms with E-state index in [9.17, 15) is 5.11 Å². The molecule has 2 aromatic carbocycles. The predicted octanol–water partition coefficient (Wildman–Crippen LogP) is 3.91. The van der Waals surface area contributed by atoms with Gasteiger partial charge in [0, 0.05) is 5.92 Å². The van der Waals surface area contributed by atoms with Crippen molar-refractivity contribution in [3.8, 4) is 5.75 Å². The van der Waals surface area contributed by atoms with Gasteiger partial charge in [-0.25, -0.2) is 4.98 Å². The van der Waals surface area contributed by atoms with Gasteiger partial charge in [-0.15, -0.1) is 0 Å². The molecule has 0 aliphatic rings. The number of aromatic nitrogens is 2. The van der Waals surface area contributed by atoms with Crippen LogP contribution >= 0.6 is 0 Å². The summed E-state index contributed by atoms with van der Waals surface area (Å²) in [6, 6.07) is 15.9. The van der Waals surface area contributed by atoms with Crippen LogP contribution in [0.4, 0.5) is 0 Å². The zero-order valence-electron chi connectivity index (χ0n) is 14.4. The van der Waals surface area contributed by atoms with Crippen molar-refractivity contribution in [3.63, 3.8) is 0 Å². The fraction of sp³-hybridized carbons (Fsp3) is 0.350. The molecule has 24 heavy (non-hydrogen) atoms. The summed E-state index contributed by atoms with van der Waals surface area (Å²) in [6.07, 6.45) is -0.596. The summed E-state index contributed by atoms with van der Waals surface area (Å²) in [6.45, 7) is 7.00. The first-order valence-corrected chi connectivity index (χ1v) is 8.37. The van der Waals surface area contributed by atoms with Crippen LogP contribution < -0.4 is 4.74 Å². The Morgan fingerprint density at radius 1 is 1.08 bits per heavy atom. The van der Waals surface area contributed by atoms with Crippen molar-refractivity contribution >= 4 is 11.0 Å². The average Bonchev–Trinajstić information content (AvgIpc) is 2.93. The summed E-state index contributed by atoms with van der Waals surface area (Å²) in [4.78, 5) is 4.70. The van der Waals surface area contributed by atoms with Crippen LogP contribution in [-0.4, -0.2) is 27.4 Å². The third-order valence-corrected chi connectivity index (χ3v) is 4.06. The number of ether oxygens (including phenoxy) is 1. The van der Waals surface area contributed by atoms with Gasteiger partial charge in [0.15, 0.2) is 0 Å². The van der Waals surface area contributed by atoms with Gasteiger partial charge in [0.1, 0.15) is 24.3 Å². The minimum absolute atomic E-state index is 0.257. The monoisotopic (exact) mass is 324 g/mol. The maximum absolute atomic E-state index is 10.4. The second-order valence-electron chi connectivity index (χ2n) is 6.50. The molecular weight excluding hydrogens is 300 g/mol. The zero-order chi connectivity index (χ0) is 17.1. The number of rotatable bonds is 6. The van der Waals surface area contributed by atoms with Crippen LogP contribution in [0.5, 0.6) is 5.75 Å². The highest BCUT2D eigenvalue weighted by molar-refractivity contribution is 5.76. The fourth-order valence-corrected chi connectivity index (χ4v) is 2.82. The van der Waals surface area contributed by atoms with E-state index in [2.05, 4.69) is 18.4 Å². The Labute approximate surface area is 142 Å². The van der Waals surface area contributed by atoms with Crippen LogP contribution in [0.3, 0.4) is 0 Å². The van der Waals surface area contributed by atoms with Gasteiger partial charge < -0.3 is 14.4 Å². The molecule has 0 amide bonds. The van der Waals surface area contributed by atoms with E-state index >= 15 is 0 Å². The van der Waals surface area contributed by atoms with Crippen molar-refractivity contribution in [2.45, 2.75) is 39.3 Å². The summed E-state index contributed by atoms with van der Waals surface area (Å²) in [5.74, 6) is 2.06. The second-order valence-corrected chi connectivity index (χ2v) is 6.50. The third-order valence-electron chi connectivity index (χ3n) is 4.06. The lowest BCUT2D eigenvalue weighted by Crippen LogP contribution is -2.24. The number of aliphatic hydroxyl groups is 1. The Hall–Kier alpha value is -2.33. The SMILES string of the molecule is Cc1ccc(OC[C@@H](O)Cn2c(C(C)C)nc3ccccc32)cc1. The number of fused-ring (bicyclic) bond motifs is 1. The van der Waals surface area contributed by atoms with Crippen molar-refractivity contribution < 1.29 is 9.84 Å². The van der Waals surface area contributed by atoms with E-state index in [0.717, 1.165) is 22.6 Å². The van der Waals surface area contributed by atoms with Gasteiger partial charge >= 0.3 is 0 Å². The molecule has 0 spiro atoms. The lowest BCUT2D eigenvalue weighted by molar-refractivity contribution is 0.0925. The summed E-state index contributed by atoms with van der Waals surface area (Å²) >= 11 is 0. The average molecular weight is 324 g/mol. The van der Waals surface area contributed by atoms with E-state index in [-0.39, 0.29) is 6.61 Å². The minimum atomic E-state index is -0.596. The summed E-state index contributed by atoms with van der Waals surface area (Å²) in [5.41, 5.74) is 3.21. The molecule has 126 valence electrons. The first-order valence-electron chi connectivity index (χ1n) is 8.37. The number of para-hydroxylation sites is 2. The standard InChI is InChI=1S/C20H24N2O2/c1-14(2)20-21-18-6-4-5-7-19(18)22(20)12-16(23)13-24-17-10-8-15(3)9-11-17/h4-11,14,16,23H,12-13H2,1-3H3/t16-/m0/s1. The van der Waals surface area contributed by atoms with Gasteiger partial charge in [-0.3, -0.25) is 0 Å². The molecule has 0 aliphatic carbocycles. The van der Waals surface area contributed by atoms with Gasteiger partial charge in [-0.2, -0.15) is 0 Å². The number of hydrogen-bond donors (Lipinski definition) is 1. The fourth-order valence-electron chi connectivity index (χ4n) is 2.82. The lowest BCUT2D eigenvalue weighted by Gasteiger charge is -2.17. The van der Waals surface area contributed by atoms with Crippen molar-refractivity contribution in [2.75, 3.05) is 6.61 Å². The Kier molecular flexibility index (Phi) is 4.86. The molecule has 4 nitrogen and oxygen atoms in total. The van der Waals surface area contributed by atoms with Gasteiger partial charge in [0.25, 0.3) is 0 Å². The third kappa shape index (κ3) is 3.60. The normalized spacial score (nSPS) is 12.7. The highest BCUT2D eigenvalue weighted by Gasteiger charge is 2.16. The molecule has 3 aromatic rings. The molecule has 1 aromatic heterocycles. The lowest BCUT2D eigenvalue weighted by atomic mass is 10.2. The van der Waals surface area contributed by atoms with Gasteiger partial charge in [0.05, 0.1) is 17.6 Å². The number of aliphatic hydroxyl groups excluding tert-OH is 1. The minimum Gasteiger partial charge on any atom is -0.491 e. The molecular formula is C20H24N2O2. The van der Waals surface area contributed by atoms with Crippen molar-refractivity contribution in [1.82, 2.24) is 9.55 Å². The van der Waals surface area contributed by atoms with Crippen LogP contribution in [0.1, 0.15) is 31.2 Å².